The summed E-state index contributed by atoms with van der Waals surface area (Å²) in [5, 5.41) is 3.89. The van der Waals surface area contributed by atoms with Crippen LogP contribution < -0.4 is 10.9 Å². The molecule has 5 nitrogen and oxygen atoms in total. The number of nitrogens with zero attached hydrogens (tertiary/aromatic N) is 1. The number of hydrogen-bond donors (Lipinski definition) is 1. The summed E-state index contributed by atoms with van der Waals surface area (Å²) in [7, 11) is 0. The maximum Gasteiger partial charge on any atom is 0.344 e. The number of amides is 1. The van der Waals surface area contributed by atoms with Crippen LogP contribution in [0.5, 0.6) is 0 Å². The van der Waals surface area contributed by atoms with Crippen LogP contribution in [-0.2, 0) is 6.54 Å². The third kappa shape index (κ3) is 2.88. The van der Waals surface area contributed by atoms with E-state index in [0.29, 0.717) is 17.3 Å². The number of aromatic nitrogens is 1. The summed E-state index contributed by atoms with van der Waals surface area (Å²) >= 11 is 0. The number of benzene rings is 1. The van der Waals surface area contributed by atoms with E-state index < -0.39 is 11.5 Å². The average Bonchev–Trinajstić information content (AvgIpc) is 2.54. The van der Waals surface area contributed by atoms with Crippen LogP contribution in [0.25, 0.3) is 10.8 Å². The molecular weight excluding hydrogens is 280 g/mol. The fraction of sp³-hybridized carbons (Fsp3) is 0.118. The molecule has 0 aliphatic rings. The van der Waals surface area contributed by atoms with Gasteiger partial charge in [0.2, 0.25) is 0 Å². The molecule has 0 saturated heterocycles. The number of carbonyl (C=O) groups is 1. The lowest BCUT2D eigenvalue weighted by molar-refractivity contribution is 0.0919. The molecule has 0 spiro atoms. The third-order valence-corrected chi connectivity index (χ3v) is 3.34. The summed E-state index contributed by atoms with van der Waals surface area (Å²) in [5.74, 6) is -0.410. The molecule has 0 unspecified atom stereocenters. The second-order valence-corrected chi connectivity index (χ2v) is 5.03. The third-order valence-electron chi connectivity index (χ3n) is 3.34. The lowest BCUT2D eigenvalue weighted by atomic mass is 10.1. The van der Waals surface area contributed by atoms with Crippen LogP contribution in [0.3, 0.4) is 0 Å². The summed E-state index contributed by atoms with van der Waals surface area (Å²) in [5.41, 5.74) is 1.38. The Balaban J connectivity index is 1.85. The molecule has 0 aliphatic carbocycles. The summed E-state index contributed by atoms with van der Waals surface area (Å²) in [6.07, 6.45) is 3.31. The van der Waals surface area contributed by atoms with Crippen molar-refractivity contribution >= 4 is 16.7 Å². The van der Waals surface area contributed by atoms with Gasteiger partial charge in [-0.25, -0.2) is 4.79 Å². The molecule has 0 radical (unpaired) electrons. The highest BCUT2D eigenvalue weighted by Gasteiger charge is 2.12. The maximum atomic E-state index is 12.1. The fourth-order valence-corrected chi connectivity index (χ4v) is 2.18. The van der Waals surface area contributed by atoms with E-state index in [0.717, 1.165) is 11.1 Å². The van der Waals surface area contributed by atoms with E-state index in [1.54, 1.807) is 42.7 Å². The molecule has 0 bridgehead atoms. The van der Waals surface area contributed by atoms with Gasteiger partial charge >= 0.3 is 5.63 Å². The summed E-state index contributed by atoms with van der Waals surface area (Å²) < 4.78 is 5.12. The van der Waals surface area contributed by atoms with Crippen LogP contribution in [0.1, 0.15) is 21.7 Å². The number of pyridine rings is 1. The molecule has 0 saturated carbocycles. The number of hydrogen-bond acceptors (Lipinski definition) is 4. The molecule has 110 valence electrons. The van der Waals surface area contributed by atoms with Gasteiger partial charge in [-0.15, -0.1) is 0 Å². The first-order valence-electron chi connectivity index (χ1n) is 6.85. The van der Waals surface area contributed by atoms with E-state index in [-0.39, 0.29) is 5.76 Å². The first-order chi connectivity index (χ1) is 10.6. The predicted octanol–water partition coefficient (Wildman–Crippen LogP) is 2.43. The largest absolute Gasteiger partial charge is 0.417 e. The first-order valence-corrected chi connectivity index (χ1v) is 6.85. The zero-order chi connectivity index (χ0) is 15.5. The van der Waals surface area contributed by atoms with E-state index in [9.17, 15) is 9.59 Å². The molecule has 0 fully saturated rings. The Morgan fingerprint density at radius 2 is 1.95 bits per heavy atom. The topological polar surface area (TPSA) is 72.2 Å². The van der Waals surface area contributed by atoms with Gasteiger partial charge in [0, 0.05) is 18.9 Å². The Morgan fingerprint density at radius 1 is 1.18 bits per heavy atom. The lowest BCUT2D eigenvalue weighted by Crippen LogP contribution is -2.24. The normalized spacial score (nSPS) is 10.6. The molecule has 1 N–H and O–H groups in total. The Bertz CT molecular complexity index is 885. The number of carbonyl (C=O) groups excluding carboxylic acids is 1. The van der Waals surface area contributed by atoms with Crippen molar-refractivity contribution in [2.45, 2.75) is 13.5 Å². The van der Waals surface area contributed by atoms with Crippen molar-refractivity contribution in [1.29, 1.82) is 0 Å². The zero-order valence-electron chi connectivity index (χ0n) is 12.0. The molecular formula is C17H14N2O3. The van der Waals surface area contributed by atoms with Crippen LogP contribution >= 0.6 is 0 Å². The molecule has 3 rings (SSSR count). The fourth-order valence-electron chi connectivity index (χ4n) is 2.18. The van der Waals surface area contributed by atoms with Gasteiger partial charge in [0.15, 0.2) is 5.76 Å². The van der Waals surface area contributed by atoms with E-state index in [4.69, 9.17) is 4.42 Å². The minimum atomic E-state index is -0.504. The van der Waals surface area contributed by atoms with Crippen LogP contribution in [0.15, 0.2) is 58.0 Å². The second-order valence-electron chi connectivity index (χ2n) is 5.03. The van der Waals surface area contributed by atoms with Crippen molar-refractivity contribution in [2.24, 2.45) is 0 Å². The van der Waals surface area contributed by atoms with Crippen molar-refractivity contribution in [3.05, 3.63) is 76.1 Å². The molecule has 2 aromatic heterocycles. The number of fused-ring (bicyclic) bond motifs is 1. The number of nitrogens with one attached hydrogen (secondary N) is 1. The predicted molar refractivity (Wildman–Crippen MR) is 82.6 cm³/mol. The van der Waals surface area contributed by atoms with Crippen molar-refractivity contribution in [3.63, 3.8) is 0 Å². The van der Waals surface area contributed by atoms with Crippen LogP contribution in [0, 0.1) is 6.92 Å². The monoisotopic (exact) mass is 294 g/mol. The molecule has 2 heterocycles. The molecule has 22 heavy (non-hydrogen) atoms. The van der Waals surface area contributed by atoms with Gasteiger partial charge in [-0.1, -0.05) is 17.7 Å². The van der Waals surface area contributed by atoms with Crippen LogP contribution in [-0.4, -0.2) is 10.9 Å². The molecule has 0 aliphatic heterocycles. The minimum Gasteiger partial charge on any atom is -0.417 e. The van der Waals surface area contributed by atoms with Gasteiger partial charge in [-0.2, -0.15) is 0 Å². The maximum absolute atomic E-state index is 12.1. The SMILES string of the molecule is Cc1ccc2cc(C(=O)NCc3ccncc3)oc(=O)c2c1. The quantitative estimate of drug-likeness (QED) is 0.805. The second kappa shape index (κ2) is 5.81. The lowest BCUT2D eigenvalue weighted by Gasteiger charge is -2.05. The van der Waals surface area contributed by atoms with Gasteiger partial charge < -0.3 is 9.73 Å². The van der Waals surface area contributed by atoms with E-state index in [2.05, 4.69) is 10.3 Å². The summed E-state index contributed by atoms with van der Waals surface area (Å²) in [6.45, 7) is 2.24. The van der Waals surface area contributed by atoms with E-state index in [1.807, 2.05) is 13.0 Å². The highest BCUT2D eigenvalue weighted by molar-refractivity contribution is 5.95. The Hall–Kier alpha value is -2.95. The number of aryl methyl sites for hydroxylation is 1. The van der Waals surface area contributed by atoms with Crippen LogP contribution in [0.2, 0.25) is 0 Å². The van der Waals surface area contributed by atoms with Crippen molar-refractivity contribution in [2.75, 3.05) is 0 Å². The zero-order valence-corrected chi connectivity index (χ0v) is 12.0. The summed E-state index contributed by atoms with van der Waals surface area (Å²) in [4.78, 5) is 28.0. The molecule has 1 amide bonds. The van der Waals surface area contributed by atoms with Crippen LogP contribution in [0.4, 0.5) is 0 Å². The van der Waals surface area contributed by atoms with E-state index in [1.165, 1.54) is 0 Å². The Kier molecular flexibility index (Phi) is 3.70. The molecule has 1 aromatic carbocycles. The Labute approximate surface area is 126 Å². The standard InChI is InChI=1S/C17H14N2O3/c1-11-2-3-13-9-15(22-17(21)14(13)8-11)16(20)19-10-12-4-6-18-7-5-12/h2-9H,10H2,1H3,(H,19,20). The smallest absolute Gasteiger partial charge is 0.344 e. The van der Waals surface area contributed by atoms with Gasteiger partial charge in [-0.3, -0.25) is 9.78 Å². The van der Waals surface area contributed by atoms with Crippen molar-refractivity contribution in [3.8, 4) is 0 Å². The minimum absolute atomic E-state index is 0.00964. The van der Waals surface area contributed by atoms with Gasteiger partial charge in [0.05, 0.1) is 5.39 Å². The first kappa shape index (κ1) is 14.0. The van der Waals surface area contributed by atoms with Crippen molar-refractivity contribution in [1.82, 2.24) is 10.3 Å². The number of rotatable bonds is 3. The Morgan fingerprint density at radius 3 is 2.73 bits per heavy atom. The van der Waals surface area contributed by atoms with Gasteiger partial charge in [0.25, 0.3) is 5.91 Å². The summed E-state index contributed by atoms with van der Waals surface area (Å²) in [6, 6.07) is 10.6. The average molecular weight is 294 g/mol. The highest BCUT2D eigenvalue weighted by Crippen LogP contribution is 2.14. The van der Waals surface area contributed by atoms with Gasteiger partial charge in [-0.05, 0) is 42.1 Å². The van der Waals surface area contributed by atoms with E-state index >= 15 is 0 Å². The van der Waals surface area contributed by atoms with Crippen molar-refractivity contribution < 1.29 is 9.21 Å². The molecule has 0 atom stereocenters. The highest BCUT2D eigenvalue weighted by atomic mass is 16.4. The van der Waals surface area contributed by atoms with Gasteiger partial charge in [0.1, 0.15) is 0 Å². The molecule has 3 aromatic rings. The molecule has 5 heteroatoms.